The number of nitrogens with zero attached hydrogens (tertiary/aromatic N) is 4. The summed E-state index contributed by atoms with van der Waals surface area (Å²) in [6.45, 7) is 1.62. The lowest BCUT2D eigenvalue weighted by molar-refractivity contribution is -0.142. The fourth-order valence-electron chi connectivity index (χ4n) is 2.96. The van der Waals surface area contributed by atoms with Gasteiger partial charge in [0.1, 0.15) is 6.61 Å². The number of aryl methyl sites for hydroxylation is 1. The number of esters is 1. The highest BCUT2D eigenvalue weighted by Gasteiger charge is 2.15. The third-order valence-electron chi connectivity index (χ3n) is 4.27. The molecule has 0 saturated carbocycles. The molecule has 7 nitrogen and oxygen atoms in total. The van der Waals surface area contributed by atoms with Crippen molar-refractivity contribution < 1.29 is 9.53 Å². The number of rotatable bonds is 3. The molecule has 7 heteroatoms. The predicted octanol–water partition coefficient (Wildman–Crippen LogP) is 2.31. The maximum atomic E-state index is 12.5. The highest BCUT2D eigenvalue weighted by atomic mass is 16.5. The third-order valence-corrected chi connectivity index (χ3v) is 4.27. The van der Waals surface area contributed by atoms with Crippen LogP contribution in [0, 0.1) is 0 Å². The Morgan fingerprint density at radius 3 is 2.65 bits per heavy atom. The van der Waals surface area contributed by atoms with E-state index in [-0.39, 0.29) is 18.1 Å². The molecule has 0 saturated heterocycles. The zero-order valence-corrected chi connectivity index (χ0v) is 14.3. The summed E-state index contributed by atoms with van der Waals surface area (Å²) >= 11 is 0. The maximum Gasteiger partial charge on any atom is 0.302 e. The van der Waals surface area contributed by atoms with Crippen LogP contribution in [0.5, 0.6) is 0 Å². The first kappa shape index (κ1) is 16.0. The molecule has 0 atom stereocenters. The van der Waals surface area contributed by atoms with E-state index in [4.69, 9.17) is 4.74 Å². The zero-order chi connectivity index (χ0) is 18.3. The van der Waals surface area contributed by atoms with E-state index in [1.165, 1.54) is 11.5 Å². The van der Waals surface area contributed by atoms with Gasteiger partial charge in [-0.3, -0.25) is 18.6 Å². The molecule has 3 aromatic heterocycles. The Morgan fingerprint density at radius 2 is 1.92 bits per heavy atom. The second-order valence-electron chi connectivity index (χ2n) is 5.99. The van der Waals surface area contributed by atoms with Gasteiger partial charge >= 0.3 is 5.97 Å². The van der Waals surface area contributed by atoms with Crippen LogP contribution in [0.3, 0.4) is 0 Å². The van der Waals surface area contributed by atoms with E-state index in [1.807, 2.05) is 28.7 Å². The molecule has 26 heavy (non-hydrogen) atoms. The van der Waals surface area contributed by atoms with Gasteiger partial charge in [0.2, 0.25) is 5.78 Å². The molecule has 0 bridgehead atoms. The number of imidazole rings is 1. The number of aromatic nitrogens is 4. The lowest BCUT2D eigenvalue weighted by atomic mass is 10.1. The molecular formula is C19H16N4O3. The Kier molecular flexibility index (Phi) is 3.76. The molecule has 0 aliphatic carbocycles. The van der Waals surface area contributed by atoms with Gasteiger partial charge in [0.15, 0.2) is 5.65 Å². The number of hydrogen-bond donors (Lipinski definition) is 0. The van der Waals surface area contributed by atoms with Gasteiger partial charge < -0.3 is 4.74 Å². The first-order valence-electron chi connectivity index (χ1n) is 8.10. The summed E-state index contributed by atoms with van der Waals surface area (Å²) in [4.78, 5) is 32.2. The molecule has 0 spiro atoms. The SMILES string of the molecule is CC(=O)OCc1ccc(-c2cnc3n(C)c(=O)c4cccnc4n23)cc1. The van der Waals surface area contributed by atoms with Crippen LogP contribution in [0.25, 0.3) is 28.1 Å². The first-order valence-corrected chi connectivity index (χ1v) is 8.10. The van der Waals surface area contributed by atoms with Crippen molar-refractivity contribution in [3.63, 3.8) is 0 Å². The van der Waals surface area contributed by atoms with E-state index in [9.17, 15) is 9.59 Å². The molecule has 130 valence electrons. The van der Waals surface area contributed by atoms with Gasteiger partial charge in [0.05, 0.1) is 17.3 Å². The fraction of sp³-hybridized carbons (Fsp3) is 0.158. The molecule has 0 amide bonds. The molecule has 0 radical (unpaired) electrons. The number of ether oxygens (including phenoxy) is 1. The molecule has 0 fully saturated rings. The summed E-state index contributed by atoms with van der Waals surface area (Å²) in [6, 6.07) is 11.2. The van der Waals surface area contributed by atoms with Crippen LogP contribution in [-0.2, 0) is 23.2 Å². The lowest BCUT2D eigenvalue weighted by Crippen LogP contribution is -2.20. The van der Waals surface area contributed by atoms with Gasteiger partial charge in [-0.25, -0.2) is 9.97 Å². The Hall–Kier alpha value is -3.48. The molecule has 0 aliphatic rings. The highest BCUT2D eigenvalue weighted by Crippen LogP contribution is 2.23. The van der Waals surface area contributed by atoms with Crippen molar-refractivity contribution in [3.05, 3.63) is 64.7 Å². The summed E-state index contributed by atoms with van der Waals surface area (Å²) in [6.07, 6.45) is 3.39. The van der Waals surface area contributed by atoms with Crippen molar-refractivity contribution in [1.29, 1.82) is 0 Å². The third kappa shape index (κ3) is 2.54. The molecular weight excluding hydrogens is 332 g/mol. The molecule has 0 N–H and O–H groups in total. The summed E-state index contributed by atoms with van der Waals surface area (Å²) in [7, 11) is 1.70. The predicted molar refractivity (Wildman–Crippen MR) is 96.6 cm³/mol. The Balaban J connectivity index is 1.88. The number of pyridine rings is 1. The minimum absolute atomic E-state index is 0.130. The topological polar surface area (TPSA) is 78.5 Å². The van der Waals surface area contributed by atoms with Gasteiger partial charge in [0, 0.05) is 25.7 Å². The second kappa shape index (κ2) is 6.11. The smallest absolute Gasteiger partial charge is 0.302 e. The lowest BCUT2D eigenvalue weighted by Gasteiger charge is -2.09. The molecule has 3 heterocycles. The van der Waals surface area contributed by atoms with Crippen molar-refractivity contribution in [2.75, 3.05) is 0 Å². The van der Waals surface area contributed by atoms with Crippen LogP contribution in [0.4, 0.5) is 0 Å². The average Bonchev–Trinajstić information content (AvgIpc) is 3.10. The van der Waals surface area contributed by atoms with E-state index in [1.54, 1.807) is 31.6 Å². The maximum absolute atomic E-state index is 12.5. The standard InChI is InChI=1S/C19H16N4O3/c1-12(24)26-11-13-5-7-14(8-6-13)16-10-21-19-22(2)18(25)15-4-3-9-20-17(15)23(16)19/h3-10H,11H2,1-2H3. The second-order valence-corrected chi connectivity index (χ2v) is 5.99. The van der Waals surface area contributed by atoms with Crippen molar-refractivity contribution in [1.82, 2.24) is 18.9 Å². The average molecular weight is 348 g/mol. The minimum Gasteiger partial charge on any atom is -0.461 e. The van der Waals surface area contributed by atoms with Crippen molar-refractivity contribution in [2.24, 2.45) is 7.05 Å². The zero-order valence-electron chi connectivity index (χ0n) is 14.3. The number of hydrogen-bond acceptors (Lipinski definition) is 5. The van der Waals surface area contributed by atoms with E-state index in [0.29, 0.717) is 16.8 Å². The summed E-state index contributed by atoms with van der Waals surface area (Å²) < 4.78 is 8.40. The van der Waals surface area contributed by atoms with Crippen molar-refractivity contribution >= 4 is 22.8 Å². The van der Waals surface area contributed by atoms with Crippen LogP contribution >= 0.6 is 0 Å². The van der Waals surface area contributed by atoms with E-state index >= 15 is 0 Å². The first-order chi connectivity index (χ1) is 12.6. The van der Waals surface area contributed by atoms with Gasteiger partial charge in [-0.1, -0.05) is 24.3 Å². The Morgan fingerprint density at radius 1 is 1.15 bits per heavy atom. The summed E-state index contributed by atoms with van der Waals surface area (Å²) in [5, 5.41) is 0.535. The van der Waals surface area contributed by atoms with Crippen molar-refractivity contribution in [2.45, 2.75) is 13.5 Å². The molecule has 4 rings (SSSR count). The van der Waals surface area contributed by atoms with E-state index in [0.717, 1.165) is 16.8 Å². The largest absolute Gasteiger partial charge is 0.461 e. The number of benzene rings is 1. The van der Waals surface area contributed by atoms with Crippen LogP contribution < -0.4 is 5.56 Å². The van der Waals surface area contributed by atoms with Gasteiger partial charge in [-0.05, 0) is 17.7 Å². The molecule has 0 aliphatic heterocycles. The van der Waals surface area contributed by atoms with E-state index in [2.05, 4.69) is 9.97 Å². The summed E-state index contributed by atoms with van der Waals surface area (Å²) in [5.74, 6) is 0.217. The number of carbonyl (C=O) groups is 1. The van der Waals surface area contributed by atoms with Crippen LogP contribution in [0.1, 0.15) is 12.5 Å². The van der Waals surface area contributed by atoms with Crippen LogP contribution in [-0.4, -0.2) is 24.9 Å². The van der Waals surface area contributed by atoms with Gasteiger partial charge in [0.25, 0.3) is 5.56 Å². The Labute approximate surface area is 148 Å². The van der Waals surface area contributed by atoms with Crippen LogP contribution in [0.2, 0.25) is 0 Å². The van der Waals surface area contributed by atoms with Gasteiger partial charge in [-0.15, -0.1) is 0 Å². The fourth-order valence-corrected chi connectivity index (χ4v) is 2.96. The quantitative estimate of drug-likeness (QED) is 0.531. The highest BCUT2D eigenvalue weighted by molar-refractivity contribution is 5.79. The molecule has 0 unspecified atom stereocenters. The van der Waals surface area contributed by atoms with Crippen molar-refractivity contribution in [3.8, 4) is 11.3 Å². The normalized spacial score (nSPS) is 11.2. The monoisotopic (exact) mass is 348 g/mol. The minimum atomic E-state index is -0.311. The van der Waals surface area contributed by atoms with Crippen LogP contribution in [0.15, 0.2) is 53.6 Å². The van der Waals surface area contributed by atoms with Gasteiger partial charge in [-0.2, -0.15) is 0 Å². The Bertz CT molecular complexity index is 1190. The number of carbonyl (C=O) groups excluding carboxylic acids is 1. The van der Waals surface area contributed by atoms with E-state index < -0.39 is 0 Å². The number of fused-ring (bicyclic) bond motifs is 3. The molecule has 4 aromatic rings. The summed E-state index contributed by atoms with van der Waals surface area (Å²) in [5.41, 5.74) is 3.10. The molecule has 1 aromatic carbocycles.